The molecule has 0 bridgehead atoms. The number of nitrogens with zero attached hydrogens (tertiary/aromatic N) is 2. The minimum absolute atomic E-state index is 0.0577. The summed E-state index contributed by atoms with van der Waals surface area (Å²) in [6.07, 6.45) is 5.54. The Balaban J connectivity index is 1.55. The molecule has 0 radical (unpaired) electrons. The zero-order valence-corrected chi connectivity index (χ0v) is 17.4. The molecule has 3 aliphatic rings. The summed E-state index contributed by atoms with van der Waals surface area (Å²) in [6, 6.07) is 4.24. The molecule has 2 saturated heterocycles. The van der Waals surface area contributed by atoms with E-state index < -0.39 is 0 Å². The molecule has 0 spiro atoms. The maximum absolute atomic E-state index is 13.5. The number of likely N-dealkylation sites (tertiary alicyclic amines) is 1. The molecule has 1 aromatic rings. The highest BCUT2D eigenvalue weighted by atomic mass is 35.5. The summed E-state index contributed by atoms with van der Waals surface area (Å²) in [5.74, 6) is 2.35. The zero-order chi connectivity index (χ0) is 18.1. The van der Waals surface area contributed by atoms with Crippen molar-refractivity contribution < 1.29 is 4.79 Å². The highest BCUT2D eigenvalue weighted by Crippen LogP contribution is 2.38. The Hall–Kier alpha value is -0.420. The third-order valence-corrected chi connectivity index (χ3v) is 7.79. The standard InChI is InChI=1S/C20H26Cl2N2OS/c21-18-10-14-4-3-5-16(17(14)11-19(18)22)20(25)24-8-9-26-13-15(24)12-23-6-1-2-7-23/h10-11,15-16H,1-9,12-13H2. The van der Waals surface area contributed by atoms with Gasteiger partial charge >= 0.3 is 0 Å². The predicted octanol–water partition coefficient (Wildman–Crippen LogP) is 4.45. The third-order valence-electron chi connectivity index (χ3n) is 5.97. The number of aryl methyl sites for hydroxylation is 1. The van der Waals surface area contributed by atoms with Gasteiger partial charge in [-0.15, -0.1) is 0 Å². The van der Waals surface area contributed by atoms with E-state index in [0.29, 0.717) is 22.0 Å². The van der Waals surface area contributed by atoms with Gasteiger partial charge in [0.15, 0.2) is 0 Å². The first-order valence-electron chi connectivity index (χ1n) is 9.72. The fraction of sp³-hybridized carbons (Fsp3) is 0.650. The van der Waals surface area contributed by atoms with E-state index in [1.54, 1.807) is 0 Å². The Bertz CT molecular complexity index is 678. The molecule has 142 valence electrons. The second-order valence-corrected chi connectivity index (χ2v) is 9.64. The number of benzene rings is 1. The van der Waals surface area contributed by atoms with Crippen LogP contribution in [-0.2, 0) is 11.2 Å². The number of carbonyl (C=O) groups excluding carboxylic acids is 1. The van der Waals surface area contributed by atoms with Gasteiger partial charge in [0.25, 0.3) is 0 Å². The average Bonchev–Trinajstić information content (AvgIpc) is 3.15. The van der Waals surface area contributed by atoms with Gasteiger partial charge in [0.2, 0.25) is 5.91 Å². The lowest BCUT2D eigenvalue weighted by Gasteiger charge is -2.40. The van der Waals surface area contributed by atoms with E-state index in [-0.39, 0.29) is 5.92 Å². The molecule has 2 heterocycles. The predicted molar refractivity (Wildman–Crippen MR) is 111 cm³/mol. The molecule has 1 aromatic carbocycles. The summed E-state index contributed by atoms with van der Waals surface area (Å²) in [5.41, 5.74) is 2.31. The van der Waals surface area contributed by atoms with Crippen molar-refractivity contribution in [2.75, 3.05) is 37.7 Å². The molecule has 2 fully saturated rings. The maximum Gasteiger partial charge on any atom is 0.230 e. The summed E-state index contributed by atoms with van der Waals surface area (Å²) in [4.78, 5) is 18.2. The number of rotatable bonds is 3. The number of fused-ring (bicyclic) bond motifs is 1. The second kappa shape index (κ2) is 8.30. The van der Waals surface area contributed by atoms with Crippen molar-refractivity contribution in [3.05, 3.63) is 33.3 Å². The lowest BCUT2D eigenvalue weighted by Crippen LogP contribution is -2.52. The van der Waals surface area contributed by atoms with E-state index in [4.69, 9.17) is 23.2 Å². The fourth-order valence-electron chi connectivity index (χ4n) is 4.61. The van der Waals surface area contributed by atoms with Crippen LogP contribution >= 0.6 is 35.0 Å². The molecule has 2 atom stereocenters. The van der Waals surface area contributed by atoms with Gasteiger partial charge < -0.3 is 9.80 Å². The van der Waals surface area contributed by atoms with Crippen LogP contribution in [0.4, 0.5) is 0 Å². The lowest BCUT2D eigenvalue weighted by molar-refractivity contribution is -0.135. The maximum atomic E-state index is 13.5. The van der Waals surface area contributed by atoms with Crippen molar-refractivity contribution in [3.8, 4) is 0 Å². The van der Waals surface area contributed by atoms with Gasteiger partial charge in [-0.2, -0.15) is 11.8 Å². The Labute approximate surface area is 170 Å². The monoisotopic (exact) mass is 412 g/mol. The van der Waals surface area contributed by atoms with Crippen molar-refractivity contribution in [2.24, 2.45) is 0 Å². The first-order chi connectivity index (χ1) is 12.6. The number of hydrogen-bond acceptors (Lipinski definition) is 3. The topological polar surface area (TPSA) is 23.6 Å². The highest BCUT2D eigenvalue weighted by Gasteiger charge is 2.36. The normalized spacial score (nSPS) is 26.8. The van der Waals surface area contributed by atoms with Gasteiger partial charge in [-0.25, -0.2) is 0 Å². The Kier molecular flexibility index (Phi) is 6.04. The summed E-state index contributed by atoms with van der Waals surface area (Å²) < 4.78 is 0. The fourth-order valence-corrected chi connectivity index (χ4v) is 6.02. The largest absolute Gasteiger partial charge is 0.336 e. The Morgan fingerprint density at radius 2 is 1.88 bits per heavy atom. The van der Waals surface area contributed by atoms with Crippen LogP contribution in [0.3, 0.4) is 0 Å². The van der Waals surface area contributed by atoms with Crippen LogP contribution in [0.1, 0.15) is 42.7 Å². The molecule has 6 heteroatoms. The van der Waals surface area contributed by atoms with Crippen LogP contribution in [0.25, 0.3) is 0 Å². The first kappa shape index (κ1) is 18.9. The van der Waals surface area contributed by atoms with Crippen LogP contribution in [0.2, 0.25) is 10.0 Å². The Morgan fingerprint density at radius 1 is 1.12 bits per heavy atom. The molecule has 2 aliphatic heterocycles. The minimum atomic E-state index is -0.0577. The van der Waals surface area contributed by atoms with Crippen molar-refractivity contribution >= 4 is 40.9 Å². The number of amides is 1. The SMILES string of the molecule is O=C(C1CCCc2cc(Cl)c(Cl)cc21)N1CCSCC1CN1CCCC1. The van der Waals surface area contributed by atoms with Gasteiger partial charge in [-0.05, 0) is 68.5 Å². The smallest absolute Gasteiger partial charge is 0.230 e. The molecule has 2 unspecified atom stereocenters. The van der Waals surface area contributed by atoms with Gasteiger partial charge in [0, 0.05) is 24.6 Å². The zero-order valence-electron chi connectivity index (χ0n) is 15.1. The van der Waals surface area contributed by atoms with E-state index in [1.807, 2.05) is 23.9 Å². The van der Waals surface area contributed by atoms with Crippen molar-refractivity contribution in [1.29, 1.82) is 0 Å². The van der Waals surface area contributed by atoms with E-state index in [1.165, 1.54) is 31.5 Å². The van der Waals surface area contributed by atoms with Crippen molar-refractivity contribution in [1.82, 2.24) is 9.80 Å². The molecule has 1 aliphatic carbocycles. The quantitative estimate of drug-likeness (QED) is 0.732. The van der Waals surface area contributed by atoms with E-state index in [0.717, 1.165) is 49.4 Å². The third kappa shape index (κ3) is 3.89. The van der Waals surface area contributed by atoms with Gasteiger partial charge in [0.05, 0.1) is 22.0 Å². The molecular formula is C20H26Cl2N2OS. The molecular weight excluding hydrogens is 387 g/mol. The van der Waals surface area contributed by atoms with E-state index in [2.05, 4.69) is 9.80 Å². The molecule has 0 saturated carbocycles. The van der Waals surface area contributed by atoms with Gasteiger partial charge in [-0.3, -0.25) is 4.79 Å². The molecule has 4 rings (SSSR count). The van der Waals surface area contributed by atoms with Crippen LogP contribution in [0.5, 0.6) is 0 Å². The number of halogens is 2. The molecule has 0 aromatic heterocycles. The van der Waals surface area contributed by atoms with E-state index >= 15 is 0 Å². The van der Waals surface area contributed by atoms with Gasteiger partial charge in [-0.1, -0.05) is 23.2 Å². The van der Waals surface area contributed by atoms with Crippen LogP contribution in [0.15, 0.2) is 12.1 Å². The average molecular weight is 413 g/mol. The molecule has 1 amide bonds. The van der Waals surface area contributed by atoms with Crippen molar-refractivity contribution in [2.45, 2.75) is 44.1 Å². The van der Waals surface area contributed by atoms with Crippen LogP contribution in [0, 0.1) is 0 Å². The van der Waals surface area contributed by atoms with Crippen LogP contribution in [-0.4, -0.2) is 59.4 Å². The summed E-state index contributed by atoms with van der Waals surface area (Å²) in [6.45, 7) is 4.27. The van der Waals surface area contributed by atoms with Crippen LogP contribution < -0.4 is 0 Å². The molecule has 3 nitrogen and oxygen atoms in total. The summed E-state index contributed by atoms with van der Waals surface area (Å²) in [7, 11) is 0. The number of hydrogen-bond donors (Lipinski definition) is 0. The number of carbonyl (C=O) groups is 1. The first-order valence-corrected chi connectivity index (χ1v) is 11.6. The van der Waals surface area contributed by atoms with E-state index in [9.17, 15) is 4.79 Å². The molecule has 0 N–H and O–H groups in total. The minimum Gasteiger partial charge on any atom is -0.336 e. The number of thioether (sulfide) groups is 1. The summed E-state index contributed by atoms with van der Waals surface area (Å²) in [5, 5.41) is 1.16. The van der Waals surface area contributed by atoms with Gasteiger partial charge in [0.1, 0.15) is 0 Å². The second-order valence-electron chi connectivity index (χ2n) is 7.68. The lowest BCUT2D eigenvalue weighted by atomic mass is 9.82. The Morgan fingerprint density at radius 3 is 2.69 bits per heavy atom. The molecule has 26 heavy (non-hydrogen) atoms. The summed E-state index contributed by atoms with van der Waals surface area (Å²) >= 11 is 14.5. The highest BCUT2D eigenvalue weighted by molar-refractivity contribution is 7.99. The van der Waals surface area contributed by atoms with Crippen molar-refractivity contribution in [3.63, 3.8) is 0 Å².